The van der Waals surface area contributed by atoms with Gasteiger partial charge in [0.15, 0.2) is 5.82 Å². The molecule has 0 aliphatic carbocycles. The zero-order valence-electron chi connectivity index (χ0n) is 13.7. The van der Waals surface area contributed by atoms with Gasteiger partial charge < -0.3 is 9.30 Å². The number of halogens is 3. The predicted molar refractivity (Wildman–Crippen MR) is 103 cm³/mol. The maximum absolute atomic E-state index is 12.8. The van der Waals surface area contributed by atoms with Gasteiger partial charge in [-0.1, -0.05) is 23.2 Å². The highest BCUT2D eigenvalue weighted by molar-refractivity contribution is 9.10. The minimum absolute atomic E-state index is 0.0131. The number of nitriles is 1. The van der Waals surface area contributed by atoms with Crippen LogP contribution < -0.4 is 16.0 Å². The summed E-state index contributed by atoms with van der Waals surface area (Å²) >= 11 is 15.5. The van der Waals surface area contributed by atoms with Gasteiger partial charge in [0, 0.05) is 18.3 Å². The summed E-state index contributed by atoms with van der Waals surface area (Å²) in [5.41, 5.74) is -0.668. The highest BCUT2D eigenvalue weighted by Crippen LogP contribution is 2.33. The average molecular weight is 471 g/mol. The van der Waals surface area contributed by atoms with Crippen LogP contribution in [0.3, 0.4) is 0 Å². The van der Waals surface area contributed by atoms with Crippen molar-refractivity contribution in [1.82, 2.24) is 19.3 Å². The topological polar surface area (TPSA) is 106 Å². The van der Waals surface area contributed by atoms with Crippen molar-refractivity contribution < 1.29 is 4.74 Å². The van der Waals surface area contributed by atoms with Crippen molar-refractivity contribution in [3.8, 4) is 17.6 Å². The molecule has 0 bridgehead atoms. The smallest absolute Gasteiger partial charge is 0.343 e. The van der Waals surface area contributed by atoms with Crippen molar-refractivity contribution in [1.29, 1.82) is 5.26 Å². The molecule has 0 unspecified atom stereocenters. The van der Waals surface area contributed by atoms with Crippen LogP contribution in [0.1, 0.15) is 11.4 Å². The molecule has 2 heterocycles. The lowest BCUT2D eigenvalue weighted by molar-refractivity contribution is 0.466. The van der Waals surface area contributed by atoms with Crippen LogP contribution in [0.25, 0.3) is 0 Å². The van der Waals surface area contributed by atoms with Crippen LogP contribution in [-0.2, 0) is 13.6 Å². The van der Waals surface area contributed by atoms with E-state index >= 15 is 0 Å². The van der Waals surface area contributed by atoms with E-state index in [1.165, 1.54) is 40.6 Å². The van der Waals surface area contributed by atoms with Gasteiger partial charge in [0.05, 0.1) is 22.7 Å². The van der Waals surface area contributed by atoms with E-state index in [4.69, 9.17) is 33.2 Å². The van der Waals surface area contributed by atoms with E-state index in [1.807, 2.05) is 6.07 Å². The quantitative estimate of drug-likeness (QED) is 0.630. The number of aromatic nitrogens is 4. The lowest BCUT2D eigenvalue weighted by atomic mass is 10.2. The van der Waals surface area contributed by atoms with Gasteiger partial charge in [-0.3, -0.25) is 9.36 Å². The van der Waals surface area contributed by atoms with E-state index in [-0.39, 0.29) is 33.7 Å². The molecule has 138 valence electrons. The van der Waals surface area contributed by atoms with Crippen LogP contribution in [0.4, 0.5) is 0 Å². The summed E-state index contributed by atoms with van der Waals surface area (Å²) in [6.45, 7) is 0.0131. The SMILES string of the molecule is Cn1c(Cn2cc(Br)c(Cl)c(Oc3cc(Cl)cc(C#N)c3)c2=O)n[nH]c1=O. The first-order valence-electron chi connectivity index (χ1n) is 7.37. The molecule has 1 N–H and O–H groups in total. The van der Waals surface area contributed by atoms with Gasteiger partial charge >= 0.3 is 5.69 Å². The van der Waals surface area contributed by atoms with Gasteiger partial charge in [0.25, 0.3) is 5.56 Å². The highest BCUT2D eigenvalue weighted by Gasteiger charge is 2.17. The fourth-order valence-corrected chi connectivity index (χ4v) is 3.09. The molecule has 0 fully saturated rings. The summed E-state index contributed by atoms with van der Waals surface area (Å²) in [5, 5.41) is 15.6. The number of ether oxygens (including phenoxy) is 1. The zero-order valence-corrected chi connectivity index (χ0v) is 16.8. The fourth-order valence-electron chi connectivity index (χ4n) is 2.27. The van der Waals surface area contributed by atoms with E-state index in [2.05, 4.69) is 26.1 Å². The maximum atomic E-state index is 12.8. The molecule has 2 aromatic heterocycles. The number of nitrogens with one attached hydrogen (secondary N) is 1. The largest absolute Gasteiger partial charge is 0.450 e. The molecule has 0 radical (unpaired) electrons. The first-order chi connectivity index (χ1) is 12.8. The number of hydrogen-bond acceptors (Lipinski definition) is 5. The van der Waals surface area contributed by atoms with Crippen molar-refractivity contribution in [3.63, 3.8) is 0 Å². The standard InChI is InChI=1S/C16H10BrCl2N5O3/c1-23-12(21-22-16(23)26)7-24-6-11(17)13(19)14(15(24)25)27-10-3-8(5-20)2-9(18)4-10/h2-4,6H,7H2,1H3,(H,22,26). The predicted octanol–water partition coefficient (Wildman–Crippen LogP) is 3.05. The Morgan fingerprint density at radius 3 is 2.70 bits per heavy atom. The molecular formula is C16H10BrCl2N5O3. The highest BCUT2D eigenvalue weighted by atomic mass is 79.9. The van der Waals surface area contributed by atoms with E-state index in [1.54, 1.807) is 0 Å². The van der Waals surface area contributed by atoms with Gasteiger partial charge in [-0.15, -0.1) is 0 Å². The summed E-state index contributed by atoms with van der Waals surface area (Å²) < 4.78 is 8.61. The molecule has 3 aromatic rings. The Kier molecular flexibility index (Phi) is 5.41. The Morgan fingerprint density at radius 1 is 1.33 bits per heavy atom. The summed E-state index contributed by atoms with van der Waals surface area (Å²) in [5.74, 6) is 0.379. The van der Waals surface area contributed by atoms with Gasteiger partial charge in [-0.05, 0) is 34.1 Å². The fraction of sp³-hybridized carbons (Fsp3) is 0.125. The van der Waals surface area contributed by atoms with E-state index < -0.39 is 11.2 Å². The second-order valence-corrected chi connectivity index (χ2v) is 7.12. The second-order valence-electron chi connectivity index (χ2n) is 5.45. The van der Waals surface area contributed by atoms with Crippen LogP contribution in [0.5, 0.6) is 11.5 Å². The number of rotatable bonds is 4. The maximum Gasteiger partial charge on any atom is 0.343 e. The molecule has 0 spiro atoms. The molecule has 3 rings (SSSR count). The molecule has 0 atom stereocenters. The Morgan fingerprint density at radius 2 is 2.07 bits per heavy atom. The molecule has 11 heteroatoms. The average Bonchev–Trinajstić information content (AvgIpc) is 2.94. The molecule has 0 saturated carbocycles. The lowest BCUT2D eigenvalue weighted by Gasteiger charge is -2.12. The van der Waals surface area contributed by atoms with Crippen molar-refractivity contribution in [3.05, 3.63) is 71.1 Å². The summed E-state index contributed by atoms with van der Waals surface area (Å²) in [4.78, 5) is 24.3. The molecule has 0 aliphatic heterocycles. The van der Waals surface area contributed by atoms with Crippen LogP contribution in [0, 0.1) is 11.3 Å². The van der Waals surface area contributed by atoms with Crippen molar-refractivity contribution in [2.24, 2.45) is 7.05 Å². The second kappa shape index (κ2) is 7.60. The summed E-state index contributed by atoms with van der Waals surface area (Å²) in [7, 11) is 1.53. The molecule has 0 amide bonds. The normalized spacial score (nSPS) is 10.6. The van der Waals surface area contributed by atoms with Crippen molar-refractivity contribution >= 4 is 39.1 Å². The zero-order chi connectivity index (χ0) is 19.7. The third-order valence-electron chi connectivity index (χ3n) is 3.64. The molecule has 27 heavy (non-hydrogen) atoms. The third kappa shape index (κ3) is 3.93. The van der Waals surface area contributed by atoms with E-state index in [9.17, 15) is 9.59 Å². The van der Waals surface area contributed by atoms with Gasteiger partial charge in [0.1, 0.15) is 10.8 Å². The molecule has 1 aromatic carbocycles. The number of benzene rings is 1. The number of aromatic amines is 1. The minimum atomic E-state index is -0.544. The first-order valence-corrected chi connectivity index (χ1v) is 8.92. The van der Waals surface area contributed by atoms with Gasteiger partial charge in [-0.25, -0.2) is 9.89 Å². The van der Waals surface area contributed by atoms with Crippen molar-refractivity contribution in [2.45, 2.75) is 6.54 Å². The number of nitrogens with zero attached hydrogens (tertiary/aromatic N) is 4. The molecule has 0 saturated heterocycles. The summed E-state index contributed by atoms with van der Waals surface area (Å²) in [6.07, 6.45) is 1.47. The van der Waals surface area contributed by atoms with Gasteiger partial charge in [0.2, 0.25) is 5.75 Å². The molecule has 0 aliphatic rings. The lowest BCUT2D eigenvalue weighted by Crippen LogP contribution is -2.24. The van der Waals surface area contributed by atoms with Gasteiger partial charge in [-0.2, -0.15) is 10.4 Å². The van der Waals surface area contributed by atoms with E-state index in [0.29, 0.717) is 10.3 Å². The Labute approximate surface area is 170 Å². The minimum Gasteiger partial charge on any atom is -0.450 e. The van der Waals surface area contributed by atoms with Crippen molar-refractivity contribution in [2.75, 3.05) is 0 Å². The first kappa shape index (κ1) is 19.2. The number of hydrogen-bond donors (Lipinski definition) is 1. The van der Waals surface area contributed by atoms with Crippen LogP contribution in [0.2, 0.25) is 10.0 Å². The van der Waals surface area contributed by atoms with Crippen LogP contribution in [0.15, 0.2) is 38.5 Å². The van der Waals surface area contributed by atoms with E-state index in [0.717, 1.165) is 0 Å². The molecule has 8 nitrogen and oxygen atoms in total. The Bertz CT molecular complexity index is 1190. The molecular weight excluding hydrogens is 461 g/mol. The summed E-state index contributed by atoms with van der Waals surface area (Å²) in [6, 6.07) is 6.31. The Hall–Kier alpha value is -2.54. The monoisotopic (exact) mass is 469 g/mol. The van der Waals surface area contributed by atoms with Crippen LogP contribution >= 0.6 is 39.1 Å². The third-order valence-corrected chi connectivity index (χ3v) is 5.06. The van der Waals surface area contributed by atoms with Crippen LogP contribution in [-0.4, -0.2) is 19.3 Å². The number of pyridine rings is 1. The number of H-pyrrole nitrogens is 1. The Balaban J connectivity index is 2.06.